The van der Waals surface area contributed by atoms with Crippen LogP contribution in [0, 0.1) is 6.92 Å². The van der Waals surface area contributed by atoms with Gasteiger partial charge in [-0.25, -0.2) is 4.79 Å². The smallest absolute Gasteiger partial charge is 0.337 e. The maximum absolute atomic E-state index is 12.2. The molecule has 0 spiro atoms. The third-order valence-corrected chi connectivity index (χ3v) is 5.44. The molecule has 3 aromatic rings. The number of ether oxygens (including phenoxy) is 1. The zero-order valence-corrected chi connectivity index (χ0v) is 17.3. The fourth-order valence-electron chi connectivity index (χ4n) is 2.76. The van der Waals surface area contributed by atoms with E-state index in [4.69, 9.17) is 0 Å². The van der Waals surface area contributed by atoms with Crippen LogP contribution in [-0.2, 0) is 23.1 Å². The molecule has 0 aliphatic carbocycles. The van der Waals surface area contributed by atoms with Gasteiger partial charge in [0.05, 0.1) is 18.4 Å². The van der Waals surface area contributed by atoms with Gasteiger partial charge in [0.2, 0.25) is 5.91 Å². The topological polar surface area (TPSA) is 86.1 Å². The third-order valence-electron chi connectivity index (χ3n) is 4.42. The number of benzene rings is 2. The molecule has 0 bridgehead atoms. The number of thioether (sulfide) groups is 1. The van der Waals surface area contributed by atoms with Crippen LogP contribution >= 0.6 is 11.8 Å². The standard InChI is InChI=1S/C21H22N4O3S/c1-14-6-4-5-7-17(14)19-23-24-21(25(19)2)29-13-18(26)22-12-15-8-10-16(11-9-15)20(27)28-3/h4-11H,12-13H2,1-3H3,(H,22,26). The molecule has 8 heteroatoms. The molecule has 0 atom stereocenters. The van der Waals surface area contributed by atoms with Gasteiger partial charge in [-0.3, -0.25) is 4.79 Å². The Balaban J connectivity index is 1.54. The fourth-order valence-corrected chi connectivity index (χ4v) is 3.50. The Morgan fingerprint density at radius 1 is 1.10 bits per heavy atom. The molecular weight excluding hydrogens is 388 g/mol. The van der Waals surface area contributed by atoms with Gasteiger partial charge in [0.1, 0.15) is 0 Å². The second-order valence-electron chi connectivity index (χ2n) is 6.43. The summed E-state index contributed by atoms with van der Waals surface area (Å²) in [4.78, 5) is 23.6. The number of aromatic nitrogens is 3. The molecule has 3 rings (SSSR count). The summed E-state index contributed by atoms with van der Waals surface area (Å²) in [5.41, 5.74) is 3.52. The molecule has 0 saturated heterocycles. The van der Waals surface area contributed by atoms with Gasteiger partial charge in [0, 0.05) is 19.2 Å². The quantitative estimate of drug-likeness (QED) is 0.476. The molecule has 1 N–H and O–H groups in total. The predicted molar refractivity (Wildman–Crippen MR) is 112 cm³/mol. The van der Waals surface area contributed by atoms with Gasteiger partial charge >= 0.3 is 5.97 Å². The predicted octanol–water partition coefficient (Wildman–Crippen LogP) is 2.99. The summed E-state index contributed by atoms with van der Waals surface area (Å²) in [5, 5.41) is 12.0. The molecule has 0 fully saturated rings. The number of nitrogens with one attached hydrogen (secondary N) is 1. The van der Waals surface area contributed by atoms with Gasteiger partial charge in [-0.05, 0) is 30.2 Å². The average molecular weight is 410 g/mol. The van der Waals surface area contributed by atoms with Crippen molar-refractivity contribution in [3.8, 4) is 11.4 Å². The number of aryl methyl sites for hydroxylation is 1. The van der Waals surface area contributed by atoms with Gasteiger partial charge in [0.15, 0.2) is 11.0 Å². The van der Waals surface area contributed by atoms with Gasteiger partial charge in [-0.2, -0.15) is 0 Å². The molecule has 29 heavy (non-hydrogen) atoms. The maximum Gasteiger partial charge on any atom is 0.337 e. The van der Waals surface area contributed by atoms with Gasteiger partial charge in [-0.15, -0.1) is 10.2 Å². The van der Waals surface area contributed by atoms with Gasteiger partial charge < -0.3 is 14.6 Å². The Bertz CT molecular complexity index is 1020. The van der Waals surface area contributed by atoms with Crippen molar-refractivity contribution >= 4 is 23.6 Å². The maximum atomic E-state index is 12.2. The Labute approximate surface area is 173 Å². The minimum atomic E-state index is -0.384. The lowest BCUT2D eigenvalue weighted by Crippen LogP contribution is -2.24. The molecule has 1 amide bonds. The minimum absolute atomic E-state index is 0.104. The van der Waals surface area contributed by atoms with E-state index in [1.807, 2.05) is 42.8 Å². The van der Waals surface area contributed by atoms with Gasteiger partial charge in [0.25, 0.3) is 0 Å². The summed E-state index contributed by atoms with van der Waals surface area (Å²) in [6, 6.07) is 14.9. The van der Waals surface area contributed by atoms with Crippen LogP contribution in [0.15, 0.2) is 53.7 Å². The summed E-state index contributed by atoms with van der Waals surface area (Å²) in [6.07, 6.45) is 0. The van der Waals surface area contributed by atoms with Crippen LogP contribution in [-0.4, -0.2) is 39.5 Å². The number of nitrogens with zero attached hydrogens (tertiary/aromatic N) is 3. The number of hydrogen-bond donors (Lipinski definition) is 1. The monoisotopic (exact) mass is 410 g/mol. The van der Waals surface area contributed by atoms with Crippen molar-refractivity contribution in [1.29, 1.82) is 0 Å². The number of hydrogen-bond acceptors (Lipinski definition) is 6. The van der Waals surface area contributed by atoms with Crippen LogP contribution in [0.2, 0.25) is 0 Å². The van der Waals surface area contributed by atoms with Crippen molar-refractivity contribution < 1.29 is 14.3 Å². The Hall–Kier alpha value is -3.13. The Kier molecular flexibility index (Phi) is 6.66. The van der Waals surface area contributed by atoms with Gasteiger partial charge in [-0.1, -0.05) is 48.2 Å². The van der Waals surface area contributed by atoms with Crippen LogP contribution in [0.3, 0.4) is 0 Å². The molecule has 1 heterocycles. The van der Waals surface area contributed by atoms with E-state index in [2.05, 4.69) is 20.3 Å². The highest BCUT2D eigenvalue weighted by Gasteiger charge is 2.14. The van der Waals surface area contributed by atoms with Crippen LogP contribution in [0.5, 0.6) is 0 Å². The molecule has 150 valence electrons. The number of carbonyl (C=O) groups is 2. The Morgan fingerprint density at radius 3 is 2.52 bits per heavy atom. The minimum Gasteiger partial charge on any atom is -0.465 e. The van der Waals surface area contributed by atoms with E-state index in [1.54, 1.807) is 24.3 Å². The van der Waals surface area contributed by atoms with E-state index >= 15 is 0 Å². The number of amides is 1. The second-order valence-corrected chi connectivity index (χ2v) is 7.38. The Morgan fingerprint density at radius 2 is 1.83 bits per heavy atom. The highest BCUT2D eigenvalue weighted by atomic mass is 32.2. The van der Waals surface area contributed by atoms with E-state index in [0.717, 1.165) is 22.5 Å². The van der Waals surface area contributed by atoms with Crippen LogP contribution in [0.1, 0.15) is 21.5 Å². The molecule has 7 nitrogen and oxygen atoms in total. The van der Waals surface area contributed by atoms with Crippen molar-refractivity contribution in [2.24, 2.45) is 7.05 Å². The average Bonchev–Trinajstić information content (AvgIpc) is 3.11. The first-order chi connectivity index (χ1) is 14.0. The van der Waals surface area contributed by atoms with E-state index in [-0.39, 0.29) is 17.6 Å². The number of esters is 1. The molecule has 0 saturated carbocycles. The number of methoxy groups -OCH3 is 1. The summed E-state index contributed by atoms with van der Waals surface area (Å²) in [6.45, 7) is 2.41. The lowest BCUT2D eigenvalue weighted by Gasteiger charge is -2.07. The fraction of sp³-hybridized carbons (Fsp3) is 0.238. The van der Waals surface area contributed by atoms with Crippen molar-refractivity contribution in [2.75, 3.05) is 12.9 Å². The summed E-state index contributed by atoms with van der Waals surface area (Å²) in [7, 11) is 3.24. The SMILES string of the molecule is COC(=O)c1ccc(CNC(=O)CSc2nnc(-c3ccccc3C)n2C)cc1. The summed E-state index contributed by atoms with van der Waals surface area (Å²) < 4.78 is 6.56. The molecule has 0 aliphatic rings. The molecular formula is C21H22N4O3S. The van der Waals surface area contributed by atoms with Crippen molar-refractivity contribution in [2.45, 2.75) is 18.6 Å². The lowest BCUT2D eigenvalue weighted by atomic mass is 10.1. The second kappa shape index (κ2) is 9.38. The third kappa shape index (κ3) is 5.03. The molecule has 0 radical (unpaired) electrons. The van der Waals surface area contributed by atoms with E-state index < -0.39 is 0 Å². The molecule has 0 aliphatic heterocycles. The first-order valence-electron chi connectivity index (χ1n) is 9.01. The molecule has 1 aromatic heterocycles. The first-order valence-corrected chi connectivity index (χ1v) is 10.0. The normalized spacial score (nSPS) is 10.6. The first kappa shape index (κ1) is 20.6. The van der Waals surface area contributed by atoms with Crippen LogP contribution in [0.4, 0.5) is 0 Å². The lowest BCUT2D eigenvalue weighted by molar-refractivity contribution is -0.118. The van der Waals surface area contributed by atoms with Crippen LogP contribution < -0.4 is 5.32 Å². The number of carbonyl (C=O) groups excluding carboxylic acids is 2. The highest BCUT2D eigenvalue weighted by molar-refractivity contribution is 7.99. The van der Waals surface area contributed by atoms with E-state index in [0.29, 0.717) is 17.3 Å². The van der Waals surface area contributed by atoms with Crippen molar-refractivity contribution in [1.82, 2.24) is 20.1 Å². The largest absolute Gasteiger partial charge is 0.465 e. The zero-order valence-electron chi connectivity index (χ0n) is 16.5. The van der Waals surface area contributed by atoms with E-state index in [9.17, 15) is 9.59 Å². The number of rotatable bonds is 7. The summed E-state index contributed by atoms with van der Waals surface area (Å²) >= 11 is 1.34. The van der Waals surface area contributed by atoms with Crippen molar-refractivity contribution in [3.05, 3.63) is 65.2 Å². The summed E-state index contributed by atoms with van der Waals surface area (Å²) in [5.74, 6) is 0.523. The zero-order chi connectivity index (χ0) is 20.8. The van der Waals surface area contributed by atoms with Crippen molar-refractivity contribution in [3.63, 3.8) is 0 Å². The van der Waals surface area contributed by atoms with E-state index in [1.165, 1.54) is 18.9 Å². The highest BCUT2D eigenvalue weighted by Crippen LogP contribution is 2.24. The van der Waals surface area contributed by atoms with Crippen LogP contribution in [0.25, 0.3) is 11.4 Å². The molecule has 2 aromatic carbocycles. The molecule has 0 unspecified atom stereocenters.